The topological polar surface area (TPSA) is 101 Å². The first-order chi connectivity index (χ1) is 11.6. The van der Waals surface area contributed by atoms with E-state index in [1.54, 1.807) is 4.90 Å². The molecule has 0 unspecified atom stereocenters. The SMILES string of the molecule is Nc1nc2c(c(=O)[nH]1)CCN(C(=O)CCCOc1ccccc1)C2. The molecule has 0 atom stereocenters. The molecule has 1 aliphatic heterocycles. The first-order valence-electron chi connectivity index (χ1n) is 7.96. The van der Waals surface area contributed by atoms with Crippen LogP contribution in [0.4, 0.5) is 5.95 Å². The normalized spacial score (nSPS) is 13.4. The molecule has 1 aliphatic rings. The highest BCUT2D eigenvalue weighted by Crippen LogP contribution is 2.16. The zero-order chi connectivity index (χ0) is 16.9. The fraction of sp³-hybridized carbons (Fsp3) is 0.353. The maximum atomic E-state index is 12.3. The molecule has 1 amide bonds. The molecule has 7 nitrogen and oxygen atoms in total. The Morgan fingerprint density at radius 2 is 2.12 bits per heavy atom. The lowest BCUT2D eigenvalue weighted by Gasteiger charge is -2.27. The molecule has 1 aromatic heterocycles. The minimum atomic E-state index is -0.208. The Kier molecular flexibility index (Phi) is 4.79. The van der Waals surface area contributed by atoms with E-state index in [2.05, 4.69) is 9.97 Å². The lowest BCUT2D eigenvalue weighted by Crippen LogP contribution is -2.39. The van der Waals surface area contributed by atoms with Gasteiger partial charge in [0.2, 0.25) is 11.9 Å². The Morgan fingerprint density at radius 3 is 2.92 bits per heavy atom. The molecular weight excluding hydrogens is 308 g/mol. The highest BCUT2D eigenvalue weighted by atomic mass is 16.5. The molecule has 0 radical (unpaired) electrons. The number of anilines is 1. The van der Waals surface area contributed by atoms with Crippen molar-refractivity contribution in [3.8, 4) is 5.75 Å². The minimum Gasteiger partial charge on any atom is -0.494 e. The van der Waals surface area contributed by atoms with Crippen LogP contribution in [-0.2, 0) is 17.8 Å². The van der Waals surface area contributed by atoms with Crippen molar-refractivity contribution in [1.82, 2.24) is 14.9 Å². The fourth-order valence-electron chi connectivity index (χ4n) is 2.76. The van der Waals surface area contributed by atoms with Crippen molar-refractivity contribution in [2.75, 3.05) is 18.9 Å². The number of nitrogens with two attached hydrogens (primary N) is 1. The monoisotopic (exact) mass is 328 g/mol. The van der Waals surface area contributed by atoms with Gasteiger partial charge in [-0.3, -0.25) is 14.6 Å². The molecule has 0 fully saturated rings. The van der Waals surface area contributed by atoms with Crippen LogP contribution in [0.3, 0.4) is 0 Å². The van der Waals surface area contributed by atoms with Crippen LogP contribution < -0.4 is 16.0 Å². The van der Waals surface area contributed by atoms with Gasteiger partial charge in [-0.15, -0.1) is 0 Å². The predicted octanol–water partition coefficient (Wildman–Crippen LogP) is 1.10. The quantitative estimate of drug-likeness (QED) is 0.800. The lowest BCUT2D eigenvalue weighted by molar-refractivity contribution is -0.132. The number of benzene rings is 1. The highest BCUT2D eigenvalue weighted by molar-refractivity contribution is 5.76. The third-order valence-corrected chi connectivity index (χ3v) is 3.99. The van der Waals surface area contributed by atoms with Gasteiger partial charge in [-0.05, 0) is 25.0 Å². The minimum absolute atomic E-state index is 0.0398. The Morgan fingerprint density at radius 1 is 1.33 bits per heavy atom. The van der Waals surface area contributed by atoms with Gasteiger partial charge in [-0.1, -0.05) is 18.2 Å². The molecule has 126 valence electrons. The standard InChI is InChI=1S/C17H20N4O3/c18-17-19-14-11-21(9-8-13(14)16(23)20-17)15(22)7-4-10-24-12-5-2-1-3-6-12/h1-3,5-6H,4,7-11H2,(H3,18,19,20,23). The first kappa shape index (κ1) is 16.0. The average Bonchev–Trinajstić information content (AvgIpc) is 2.58. The van der Waals surface area contributed by atoms with Crippen molar-refractivity contribution >= 4 is 11.9 Å². The molecule has 1 aromatic carbocycles. The van der Waals surface area contributed by atoms with Crippen molar-refractivity contribution < 1.29 is 9.53 Å². The second-order valence-electron chi connectivity index (χ2n) is 5.71. The van der Waals surface area contributed by atoms with E-state index < -0.39 is 0 Å². The number of carbonyl (C=O) groups excluding carboxylic acids is 1. The van der Waals surface area contributed by atoms with Crippen LogP contribution in [0.1, 0.15) is 24.1 Å². The molecule has 0 bridgehead atoms. The lowest BCUT2D eigenvalue weighted by atomic mass is 10.1. The van der Waals surface area contributed by atoms with E-state index >= 15 is 0 Å². The number of fused-ring (bicyclic) bond motifs is 1. The van der Waals surface area contributed by atoms with Crippen LogP contribution in [-0.4, -0.2) is 33.9 Å². The van der Waals surface area contributed by atoms with Crippen molar-refractivity contribution in [3.63, 3.8) is 0 Å². The number of aromatic nitrogens is 2. The Balaban J connectivity index is 1.50. The molecular formula is C17H20N4O3. The summed E-state index contributed by atoms with van der Waals surface area (Å²) in [6.45, 7) is 1.35. The van der Waals surface area contributed by atoms with Gasteiger partial charge in [0.1, 0.15) is 5.75 Å². The molecule has 0 spiro atoms. The first-order valence-corrected chi connectivity index (χ1v) is 7.96. The zero-order valence-electron chi connectivity index (χ0n) is 13.3. The summed E-state index contributed by atoms with van der Waals surface area (Å²) in [6, 6.07) is 9.52. The van der Waals surface area contributed by atoms with E-state index in [9.17, 15) is 9.59 Å². The fourth-order valence-corrected chi connectivity index (χ4v) is 2.76. The van der Waals surface area contributed by atoms with Crippen LogP contribution in [0.15, 0.2) is 35.1 Å². The largest absolute Gasteiger partial charge is 0.494 e. The van der Waals surface area contributed by atoms with Crippen LogP contribution in [0, 0.1) is 0 Å². The molecule has 2 heterocycles. The number of ether oxygens (including phenoxy) is 1. The number of rotatable bonds is 5. The number of nitrogen functional groups attached to an aromatic ring is 1. The van der Waals surface area contributed by atoms with E-state index in [1.807, 2.05) is 30.3 Å². The summed E-state index contributed by atoms with van der Waals surface area (Å²) in [5.74, 6) is 0.929. The van der Waals surface area contributed by atoms with Gasteiger partial charge < -0.3 is 15.4 Å². The number of nitrogens with zero attached hydrogens (tertiary/aromatic N) is 2. The summed E-state index contributed by atoms with van der Waals surface area (Å²) < 4.78 is 5.59. The smallest absolute Gasteiger partial charge is 0.255 e. The number of para-hydroxylation sites is 1. The van der Waals surface area contributed by atoms with Gasteiger partial charge in [0, 0.05) is 18.5 Å². The van der Waals surface area contributed by atoms with Crippen molar-refractivity contribution in [2.45, 2.75) is 25.8 Å². The summed E-state index contributed by atoms with van der Waals surface area (Å²) in [4.78, 5) is 32.5. The van der Waals surface area contributed by atoms with E-state index in [4.69, 9.17) is 10.5 Å². The predicted molar refractivity (Wildman–Crippen MR) is 89.6 cm³/mol. The van der Waals surface area contributed by atoms with E-state index in [0.717, 1.165) is 5.75 Å². The maximum Gasteiger partial charge on any atom is 0.255 e. The van der Waals surface area contributed by atoms with E-state index in [-0.39, 0.29) is 17.4 Å². The summed E-state index contributed by atoms with van der Waals surface area (Å²) in [6.07, 6.45) is 1.55. The van der Waals surface area contributed by atoms with Gasteiger partial charge in [0.25, 0.3) is 5.56 Å². The van der Waals surface area contributed by atoms with Crippen molar-refractivity contribution in [3.05, 3.63) is 51.9 Å². The summed E-state index contributed by atoms with van der Waals surface area (Å²) >= 11 is 0. The zero-order valence-corrected chi connectivity index (χ0v) is 13.3. The van der Waals surface area contributed by atoms with Crippen molar-refractivity contribution in [2.24, 2.45) is 0 Å². The molecule has 0 saturated heterocycles. The summed E-state index contributed by atoms with van der Waals surface area (Å²) in [7, 11) is 0. The molecule has 3 N–H and O–H groups in total. The van der Waals surface area contributed by atoms with Gasteiger partial charge >= 0.3 is 0 Å². The molecule has 0 aliphatic carbocycles. The van der Waals surface area contributed by atoms with Gasteiger partial charge in [0.05, 0.1) is 18.8 Å². The van der Waals surface area contributed by atoms with Crippen molar-refractivity contribution in [1.29, 1.82) is 0 Å². The number of nitrogens with one attached hydrogen (secondary N) is 1. The molecule has 7 heteroatoms. The third kappa shape index (κ3) is 3.73. The maximum absolute atomic E-state index is 12.3. The third-order valence-electron chi connectivity index (χ3n) is 3.99. The van der Waals surface area contributed by atoms with Crippen LogP contribution in [0.2, 0.25) is 0 Å². The van der Waals surface area contributed by atoms with Crippen LogP contribution in [0.25, 0.3) is 0 Å². The van der Waals surface area contributed by atoms with Crippen LogP contribution in [0.5, 0.6) is 5.75 Å². The Hall–Kier alpha value is -2.83. The molecule has 0 saturated carbocycles. The van der Waals surface area contributed by atoms with Crippen LogP contribution >= 0.6 is 0 Å². The van der Waals surface area contributed by atoms with E-state index in [0.29, 0.717) is 50.2 Å². The Bertz CT molecular complexity index is 773. The van der Waals surface area contributed by atoms with Gasteiger partial charge in [0.15, 0.2) is 0 Å². The van der Waals surface area contributed by atoms with Gasteiger partial charge in [-0.2, -0.15) is 0 Å². The number of amides is 1. The molecule has 2 aromatic rings. The number of hydrogen-bond donors (Lipinski definition) is 2. The molecule has 24 heavy (non-hydrogen) atoms. The summed E-state index contributed by atoms with van der Waals surface area (Å²) in [5, 5.41) is 0. The average molecular weight is 328 g/mol. The highest BCUT2D eigenvalue weighted by Gasteiger charge is 2.23. The number of aromatic amines is 1. The number of carbonyl (C=O) groups is 1. The van der Waals surface area contributed by atoms with Gasteiger partial charge in [-0.25, -0.2) is 4.98 Å². The summed E-state index contributed by atoms with van der Waals surface area (Å²) in [5.41, 5.74) is 6.58. The molecule has 3 rings (SSSR count). The number of H-pyrrole nitrogens is 1. The Labute approximate surface area is 139 Å². The number of hydrogen-bond acceptors (Lipinski definition) is 5. The second-order valence-corrected chi connectivity index (χ2v) is 5.71. The van der Waals surface area contributed by atoms with E-state index in [1.165, 1.54) is 0 Å². The second kappa shape index (κ2) is 7.16.